The second-order valence-corrected chi connectivity index (χ2v) is 6.76. The number of imidazole rings is 1. The zero-order chi connectivity index (χ0) is 17.0. The highest BCUT2D eigenvalue weighted by Crippen LogP contribution is 2.36. The van der Waals surface area contributed by atoms with Crippen molar-refractivity contribution in [3.05, 3.63) is 42.9 Å². The van der Waals surface area contributed by atoms with Crippen LogP contribution in [0.5, 0.6) is 0 Å². The standard InChI is InChI=1S/C19H21N3O3/c1-2-21-7-5-12-9-13(3-4-14(12)21)19-20-6-8-22(19)15-10-24-18-16(23)11-25-17(15)18/h3-9,15-18,23H,2,10-11H2,1H3/t15-,16+,17+,18+/m0/s1. The lowest BCUT2D eigenvalue weighted by atomic mass is 10.1. The van der Waals surface area contributed by atoms with E-state index in [2.05, 4.69) is 51.5 Å². The van der Waals surface area contributed by atoms with Gasteiger partial charge in [-0.3, -0.25) is 0 Å². The molecule has 130 valence electrons. The molecule has 0 aliphatic carbocycles. The van der Waals surface area contributed by atoms with Gasteiger partial charge in [0.15, 0.2) is 0 Å². The summed E-state index contributed by atoms with van der Waals surface area (Å²) >= 11 is 0. The van der Waals surface area contributed by atoms with Gasteiger partial charge in [-0.1, -0.05) is 0 Å². The first kappa shape index (κ1) is 15.1. The number of benzene rings is 1. The van der Waals surface area contributed by atoms with Gasteiger partial charge in [-0.05, 0) is 31.2 Å². The van der Waals surface area contributed by atoms with Gasteiger partial charge in [-0.15, -0.1) is 0 Å². The molecule has 0 spiro atoms. The number of aryl methyl sites for hydroxylation is 1. The molecule has 2 aromatic heterocycles. The molecule has 0 saturated carbocycles. The maximum absolute atomic E-state index is 9.97. The average Bonchev–Trinajstić information content (AvgIpc) is 3.39. The van der Waals surface area contributed by atoms with Crippen LogP contribution >= 0.6 is 0 Å². The first-order valence-corrected chi connectivity index (χ1v) is 8.79. The first-order chi connectivity index (χ1) is 12.3. The van der Waals surface area contributed by atoms with Crippen LogP contribution in [0.15, 0.2) is 42.9 Å². The Kier molecular flexibility index (Phi) is 3.45. The van der Waals surface area contributed by atoms with Gasteiger partial charge >= 0.3 is 0 Å². The molecule has 3 aromatic rings. The number of aliphatic hydroxyl groups excluding tert-OH is 1. The van der Waals surface area contributed by atoms with E-state index in [9.17, 15) is 5.11 Å². The van der Waals surface area contributed by atoms with Crippen LogP contribution in [0.2, 0.25) is 0 Å². The number of hydrogen-bond acceptors (Lipinski definition) is 4. The van der Waals surface area contributed by atoms with Crippen molar-refractivity contribution in [3.63, 3.8) is 0 Å². The Bertz CT molecular complexity index is 916. The molecular formula is C19H21N3O3. The van der Waals surface area contributed by atoms with Gasteiger partial charge in [0.05, 0.1) is 19.3 Å². The summed E-state index contributed by atoms with van der Waals surface area (Å²) in [7, 11) is 0. The van der Waals surface area contributed by atoms with Crippen LogP contribution in [0, 0.1) is 0 Å². The van der Waals surface area contributed by atoms with E-state index in [1.807, 2.05) is 12.4 Å². The van der Waals surface area contributed by atoms with Crippen LogP contribution in [-0.2, 0) is 16.0 Å². The minimum atomic E-state index is -0.535. The van der Waals surface area contributed by atoms with Crippen molar-refractivity contribution in [1.82, 2.24) is 14.1 Å². The summed E-state index contributed by atoms with van der Waals surface area (Å²) in [6.45, 7) is 3.97. The molecule has 1 N–H and O–H groups in total. The number of aliphatic hydroxyl groups is 1. The van der Waals surface area contributed by atoms with Crippen LogP contribution in [0.4, 0.5) is 0 Å². The fourth-order valence-electron chi connectivity index (χ4n) is 4.12. The molecule has 2 fully saturated rings. The van der Waals surface area contributed by atoms with Crippen LogP contribution in [0.25, 0.3) is 22.3 Å². The van der Waals surface area contributed by atoms with E-state index in [0.29, 0.717) is 13.2 Å². The molecule has 2 aliphatic rings. The number of aromatic nitrogens is 3. The Morgan fingerprint density at radius 3 is 2.92 bits per heavy atom. The summed E-state index contributed by atoms with van der Waals surface area (Å²) in [5.41, 5.74) is 2.31. The van der Waals surface area contributed by atoms with Crippen molar-refractivity contribution in [2.75, 3.05) is 13.2 Å². The Hall–Kier alpha value is -2.15. The molecule has 0 amide bonds. The van der Waals surface area contributed by atoms with E-state index in [-0.39, 0.29) is 18.2 Å². The molecule has 0 unspecified atom stereocenters. The number of ether oxygens (including phenoxy) is 2. The monoisotopic (exact) mass is 339 g/mol. The molecule has 5 rings (SSSR count). The SMILES string of the molecule is CCn1ccc2cc(-c3nccn3[C@H]3CO[C@H]4[C@@H]3OC[C@H]4O)ccc21. The third-order valence-electron chi connectivity index (χ3n) is 5.40. The number of nitrogens with zero attached hydrogens (tertiary/aromatic N) is 3. The summed E-state index contributed by atoms with van der Waals surface area (Å²) in [4.78, 5) is 4.58. The van der Waals surface area contributed by atoms with Crippen molar-refractivity contribution >= 4 is 10.9 Å². The molecule has 6 heteroatoms. The Balaban J connectivity index is 1.53. The number of rotatable bonds is 3. The molecule has 25 heavy (non-hydrogen) atoms. The lowest BCUT2D eigenvalue weighted by Gasteiger charge is -2.19. The fraction of sp³-hybridized carbons (Fsp3) is 0.421. The van der Waals surface area contributed by atoms with Crippen molar-refractivity contribution < 1.29 is 14.6 Å². The smallest absolute Gasteiger partial charge is 0.140 e. The van der Waals surface area contributed by atoms with E-state index < -0.39 is 6.10 Å². The van der Waals surface area contributed by atoms with Crippen LogP contribution in [0.1, 0.15) is 13.0 Å². The minimum absolute atomic E-state index is 0.0376. The summed E-state index contributed by atoms with van der Waals surface area (Å²) in [6.07, 6.45) is 5.02. The zero-order valence-corrected chi connectivity index (χ0v) is 14.1. The van der Waals surface area contributed by atoms with Crippen molar-refractivity contribution in [1.29, 1.82) is 0 Å². The molecule has 2 saturated heterocycles. The lowest BCUT2D eigenvalue weighted by molar-refractivity contribution is 0.0172. The van der Waals surface area contributed by atoms with Gasteiger partial charge in [0.1, 0.15) is 24.1 Å². The van der Waals surface area contributed by atoms with E-state index in [1.165, 1.54) is 10.9 Å². The Morgan fingerprint density at radius 1 is 1.16 bits per heavy atom. The van der Waals surface area contributed by atoms with Crippen molar-refractivity contribution in [2.45, 2.75) is 37.8 Å². The molecule has 1 aromatic carbocycles. The molecular weight excluding hydrogens is 318 g/mol. The van der Waals surface area contributed by atoms with E-state index >= 15 is 0 Å². The minimum Gasteiger partial charge on any atom is -0.388 e. The third-order valence-corrected chi connectivity index (χ3v) is 5.40. The fourth-order valence-corrected chi connectivity index (χ4v) is 4.12. The Labute approximate surface area is 145 Å². The third kappa shape index (κ3) is 2.25. The zero-order valence-electron chi connectivity index (χ0n) is 14.1. The van der Waals surface area contributed by atoms with Crippen LogP contribution in [0.3, 0.4) is 0 Å². The predicted molar refractivity (Wildman–Crippen MR) is 93.4 cm³/mol. The highest BCUT2D eigenvalue weighted by Gasteiger charge is 2.48. The van der Waals surface area contributed by atoms with Crippen molar-refractivity contribution in [2.24, 2.45) is 0 Å². The maximum atomic E-state index is 9.97. The van der Waals surface area contributed by atoms with Gasteiger partial charge in [0, 0.05) is 41.6 Å². The van der Waals surface area contributed by atoms with E-state index in [4.69, 9.17) is 9.47 Å². The topological polar surface area (TPSA) is 61.4 Å². The average molecular weight is 339 g/mol. The summed E-state index contributed by atoms with van der Waals surface area (Å²) < 4.78 is 15.9. The second-order valence-electron chi connectivity index (χ2n) is 6.76. The molecule has 0 bridgehead atoms. The van der Waals surface area contributed by atoms with Gasteiger partial charge in [0.25, 0.3) is 0 Å². The van der Waals surface area contributed by atoms with Gasteiger partial charge in [0.2, 0.25) is 0 Å². The first-order valence-electron chi connectivity index (χ1n) is 8.79. The summed E-state index contributed by atoms with van der Waals surface area (Å²) in [5.74, 6) is 0.908. The quantitative estimate of drug-likeness (QED) is 0.795. The molecule has 6 nitrogen and oxygen atoms in total. The molecule has 4 atom stereocenters. The Morgan fingerprint density at radius 2 is 2.04 bits per heavy atom. The van der Waals surface area contributed by atoms with Gasteiger partial charge in [-0.25, -0.2) is 4.98 Å². The highest BCUT2D eigenvalue weighted by molar-refractivity contribution is 5.84. The van der Waals surface area contributed by atoms with E-state index in [0.717, 1.165) is 17.9 Å². The van der Waals surface area contributed by atoms with Gasteiger partial charge in [-0.2, -0.15) is 0 Å². The molecule has 2 aliphatic heterocycles. The second kappa shape index (κ2) is 5.69. The van der Waals surface area contributed by atoms with Crippen molar-refractivity contribution in [3.8, 4) is 11.4 Å². The predicted octanol–water partition coefficient (Wildman–Crippen LogP) is 2.22. The molecule has 0 radical (unpaired) electrons. The normalized spacial score (nSPS) is 28.7. The summed E-state index contributed by atoms with van der Waals surface area (Å²) in [5, 5.41) is 11.2. The maximum Gasteiger partial charge on any atom is 0.140 e. The number of fused-ring (bicyclic) bond motifs is 2. The summed E-state index contributed by atoms with van der Waals surface area (Å²) in [6, 6.07) is 8.62. The number of hydrogen-bond donors (Lipinski definition) is 1. The van der Waals surface area contributed by atoms with Crippen LogP contribution < -0.4 is 0 Å². The van der Waals surface area contributed by atoms with E-state index in [1.54, 1.807) is 0 Å². The van der Waals surface area contributed by atoms with Gasteiger partial charge < -0.3 is 23.7 Å². The lowest BCUT2D eigenvalue weighted by Crippen LogP contribution is -2.30. The van der Waals surface area contributed by atoms with Crippen LogP contribution in [-0.4, -0.2) is 50.8 Å². The largest absolute Gasteiger partial charge is 0.388 e. The molecule has 4 heterocycles. The highest BCUT2D eigenvalue weighted by atomic mass is 16.6.